The maximum Gasteiger partial charge on any atom is 0.270 e. The lowest BCUT2D eigenvalue weighted by atomic mass is 10.1. The summed E-state index contributed by atoms with van der Waals surface area (Å²) < 4.78 is 0. The topological polar surface area (TPSA) is 72.6 Å². The zero-order valence-corrected chi connectivity index (χ0v) is 13.0. The lowest BCUT2D eigenvalue weighted by Crippen LogP contribution is -1.92. The molecular formula is C17H12N2O3S. The average molecular weight is 324 g/mol. The number of carbonyl (C=O) groups excluding carboxylic acids is 1. The van der Waals surface area contributed by atoms with Gasteiger partial charge in [0.05, 0.1) is 4.92 Å². The van der Waals surface area contributed by atoms with Crippen LogP contribution < -0.4 is 0 Å². The number of hydrogen-bond donors (Lipinski definition) is 0. The van der Waals surface area contributed by atoms with Crippen LogP contribution in [0.5, 0.6) is 0 Å². The zero-order chi connectivity index (χ0) is 16.4. The summed E-state index contributed by atoms with van der Waals surface area (Å²) in [5.41, 5.74) is 2.88. The van der Waals surface area contributed by atoms with Crippen LogP contribution in [-0.4, -0.2) is 15.1 Å². The Morgan fingerprint density at radius 3 is 2.61 bits per heavy atom. The van der Waals surface area contributed by atoms with E-state index in [1.54, 1.807) is 18.2 Å². The molecule has 0 radical (unpaired) electrons. The minimum absolute atomic E-state index is 0.0137. The number of aliphatic imine (C=N–C) groups is 1. The molecule has 0 saturated carbocycles. The predicted molar refractivity (Wildman–Crippen MR) is 91.4 cm³/mol. The molecule has 0 bridgehead atoms. The van der Waals surface area contributed by atoms with Crippen molar-refractivity contribution in [1.82, 2.24) is 0 Å². The van der Waals surface area contributed by atoms with Crippen molar-refractivity contribution < 1.29 is 9.72 Å². The summed E-state index contributed by atoms with van der Waals surface area (Å²) in [5.74, 6) is 0. The molecule has 0 unspecified atom stereocenters. The summed E-state index contributed by atoms with van der Waals surface area (Å²) in [6.07, 6.45) is 1.57. The number of non-ortho nitro benzene ring substituents is 1. The number of rotatable bonds is 3. The highest BCUT2D eigenvalue weighted by atomic mass is 32.2. The van der Waals surface area contributed by atoms with Crippen molar-refractivity contribution in [3.05, 3.63) is 81.0 Å². The maximum atomic E-state index is 12.1. The second-order valence-corrected chi connectivity index (χ2v) is 6.02. The van der Waals surface area contributed by atoms with E-state index in [9.17, 15) is 14.9 Å². The number of aryl methyl sites for hydroxylation is 1. The van der Waals surface area contributed by atoms with E-state index >= 15 is 0 Å². The summed E-state index contributed by atoms with van der Waals surface area (Å²) in [4.78, 5) is 26.8. The molecule has 23 heavy (non-hydrogen) atoms. The number of thioether (sulfide) groups is 1. The first-order valence-electron chi connectivity index (χ1n) is 6.87. The van der Waals surface area contributed by atoms with Gasteiger partial charge in [-0.15, -0.1) is 0 Å². The third-order valence-corrected chi connectivity index (χ3v) is 4.22. The summed E-state index contributed by atoms with van der Waals surface area (Å²) in [7, 11) is 0. The second-order valence-electron chi connectivity index (χ2n) is 5.05. The minimum Gasteiger partial charge on any atom is -0.279 e. The Labute approximate surface area is 136 Å². The molecular weight excluding hydrogens is 312 g/mol. The van der Waals surface area contributed by atoms with Crippen LogP contribution in [-0.2, 0) is 4.79 Å². The van der Waals surface area contributed by atoms with Gasteiger partial charge in [0.2, 0.25) is 5.12 Å². The van der Waals surface area contributed by atoms with Crippen LogP contribution in [0.25, 0.3) is 6.08 Å². The van der Waals surface area contributed by atoms with Crippen molar-refractivity contribution in [3.8, 4) is 0 Å². The molecule has 0 atom stereocenters. The molecule has 0 amide bonds. The van der Waals surface area contributed by atoms with E-state index in [1.165, 1.54) is 12.1 Å². The van der Waals surface area contributed by atoms with Gasteiger partial charge in [-0.3, -0.25) is 14.9 Å². The van der Waals surface area contributed by atoms with Gasteiger partial charge in [0.15, 0.2) is 0 Å². The highest BCUT2D eigenvalue weighted by Gasteiger charge is 2.23. The Hall–Kier alpha value is -2.73. The average Bonchev–Trinajstić information content (AvgIpc) is 2.89. The predicted octanol–water partition coefficient (Wildman–Crippen LogP) is 3.96. The summed E-state index contributed by atoms with van der Waals surface area (Å²) >= 11 is 1.07. The fourth-order valence-electron chi connectivity index (χ4n) is 2.11. The lowest BCUT2D eigenvalue weighted by molar-refractivity contribution is -0.384. The van der Waals surface area contributed by atoms with Gasteiger partial charge in [-0.25, -0.2) is 4.99 Å². The largest absolute Gasteiger partial charge is 0.279 e. The van der Waals surface area contributed by atoms with Crippen molar-refractivity contribution in [2.75, 3.05) is 0 Å². The molecule has 0 aromatic heterocycles. The molecule has 0 N–H and O–H groups in total. The molecule has 0 aliphatic carbocycles. The molecule has 6 heteroatoms. The number of nitro groups is 1. The molecule has 1 aliphatic rings. The number of nitro benzene ring substituents is 1. The lowest BCUT2D eigenvalue weighted by Gasteiger charge is -1.98. The quantitative estimate of drug-likeness (QED) is 0.486. The second kappa shape index (κ2) is 6.18. The van der Waals surface area contributed by atoms with Gasteiger partial charge >= 0.3 is 0 Å². The van der Waals surface area contributed by atoms with E-state index in [4.69, 9.17) is 0 Å². The van der Waals surface area contributed by atoms with Gasteiger partial charge in [-0.2, -0.15) is 0 Å². The smallest absolute Gasteiger partial charge is 0.270 e. The van der Waals surface area contributed by atoms with E-state index < -0.39 is 4.92 Å². The first-order valence-corrected chi connectivity index (χ1v) is 7.68. The monoisotopic (exact) mass is 324 g/mol. The molecule has 0 spiro atoms. The van der Waals surface area contributed by atoms with Crippen LogP contribution in [0.3, 0.4) is 0 Å². The Morgan fingerprint density at radius 1 is 1.17 bits per heavy atom. The Balaban J connectivity index is 1.93. The van der Waals surface area contributed by atoms with Gasteiger partial charge in [0.25, 0.3) is 5.69 Å². The van der Waals surface area contributed by atoms with E-state index in [0.29, 0.717) is 16.3 Å². The Kier molecular flexibility index (Phi) is 4.08. The standard InChI is InChI=1S/C17H12N2O3S/c1-11-5-7-13(8-6-11)16-18-15(17(20)23-16)10-12-3-2-4-14(9-12)19(21)22/h2-10H,1H3/b15-10-. The van der Waals surface area contributed by atoms with Crippen molar-refractivity contribution in [1.29, 1.82) is 0 Å². The molecule has 3 rings (SSSR count). The maximum absolute atomic E-state index is 12.1. The molecule has 0 fully saturated rings. The van der Waals surface area contributed by atoms with Gasteiger partial charge < -0.3 is 0 Å². The third kappa shape index (κ3) is 3.37. The SMILES string of the molecule is Cc1ccc(C2=N/C(=C\c3cccc([N+](=O)[O-])c3)C(=O)S2)cc1. The Bertz CT molecular complexity index is 854. The Morgan fingerprint density at radius 2 is 1.91 bits per heavy atom. The highest BCUT2D eigenvalue weighted by molar-refractivity contribution is 8.27. The van der Waals surface area contributed by atoms with Crippen LogP contribution in [0.4, 0.5) is 5.69 Å². The molecule has 2 aromatic rings. The molecule has 1 heterocycles. The van der Waals surface area contributed by atoms with Crippen LogP contribution in [0.2, 0.25) is 0 Å². The first-order chi connectivity index (χ1) is 11.0. The van der Waals surface area contributed by atoms with Gasteiger partial charge in [0, 0.05) is 17.7 Å². The summed E-state index contributed by atoms with van der Waals surface area (Å²) in [6.45, 7) is 1.99. The number of nitrogens with zero attached hydrogens (tertiary/aromatic N) is 2. The van der Waals surface area contributed by atoms with Gasteiger partial charge in [0.1, 0.15) is 10.7 Å². The minimum atomic E-state index is -0.464. The van der Waals surface area contributed by atoms with Crippen LogP contribution in [0.15, 0.2) is 59.2 Å². The number of hydrogen-bond acceptors (Lipinski definition) is 5. The van der Waals surface area contributed by atoms with E-state index in [-0.39, 0.29) is 10.8 Å². The number of benzene rings is 2. The molecule has 1 aliphatic heterocycles. The molecule has 2 aromatic carbocycles. The molecule has 5 nitrogen and oxygen atoms in total. The fourth-order valence-corrected chi connectivity index (χ4v) is 2.90. The molecule has 114 valence electrons. The van der Waals surface area contributed by atoms with Crippen molar-refractivity contribution in [3.63, 3.8) is 0 Å². The fraction of sp³-hybridized carbons (Fsp3) is 0.0588. The zero-order valence-electron chi connectivity index (χ0n) is 12.2. The van der Waals surface area contributed by atoms with E-state index in [1.807, 2.05) is 31.2 Å². The first kappa shape index (κ1) is 15.2. The van der Waals surface area contributed by atoms with Crippen LogP contribution in [0.1, 0.15) is 16.7 Å². The summed E-state index contributed by atoms with van der Waals surface area (Å²) in [5, 5.41) is 11.3. The van der Waals surface area contributed by atoms with Gasteiger partial charge in [-0.05, 0) is 30.3 Å². The normalized spacial score (nSPS) is 15.8. The molecule has 0 saturated heterocycles. The third-order valence-electron chi connectivity index (χ3n) is 3.30. The highest BCUT2D eigenvalue weighted by Crippen LogP contribution is 2.29. The van der Waals surface area contributed by atoms with Crippen LogP contribution in [0, 0.1) is 17.0 Å². The summed E-state index contributed by atoms with van der Waals surface area (Å²) in [6, 6.07) is 13.9. The van der Waals surface area contributed by atoms with Crippen molar-refractivity contribution >= 4 is 33.7 Å². The van der Waals surface area contributed by atoms with Gasteiger partial charge in [-0.1, -0.05) is 42.0 Å². The van der Waals surface area contributed by atoms with Crippen LogP contribution >= 0.6 is 11.8 Å². The van der Waals surface area contributed by atoms with Crippen molar-refractivity contribution in [2.45, 2.75) is 6.92 Å². The number of carbonyl (C=O) groups is 1. The van der Waals surface area contributed by atoms with E-state index in [0.717, 1.165) is 22.9 Å². The van der Waals surface area contributed by atoms with Crippen molar-refractivity contribution in [2.24, 2.45) is 4.99 Å². The van der Waals surface area contributed by atoms with E-state index in [2.05, 4.69) is 4.99 Å².